The number of carbonyl (C=O) groups is 1. The van der Waals surface area contributed by atoms with Crippen LogP contribution in [0.5, 0.6) is 0 Å². The van der Waals surface area contributed by atoms with Crippen molar-refractivity contribution in [2.24, 2.45) is 12.0 Å². The number of hydrogen-bond acceptors (Lipinski definition) is 3. The van der Waals surface area contributed by atoms with Gasteiger partial charge in [0.15, 0.2) is 5.69 Å². The van der Waals surface area contributed by atoms with Gasteiger partial charge in [0.1, 0.15) is 5.69 Å². The Balaban J connectivity index is 2.14. The molecule has 17 heavy (non-hydrogen) atoms. The van der Waals surface area contributed by atoms with E-state index in [-0.39, 0.29) is 11.2 Å². The molecule has 1 fully saturated rings. The Labute approximate surface area is 104 Å². The number of carbonyl (C=O) groups excluding carboxylic acids is 1. The highest BCUT2D eigenvalue weighted by Gasteiger charge is 2.32. The number of aryl methyl sites for hydroxylation is 1. The monoisotopic (exact) mass is 251 g/mol. The van der Waals surface area contributed by atoms with Crippen LogP contribution in [0, 0.1) is 0 Å². The summed E-state index contributed by atoms with van der Waals surface area (Å²) < 4.78 is 1.76. The molecule has 1 aliphatic heterocycles. The third kappa shape index (κ3) is 1.65. The summed E-state index contributed by atoms with van der Waals surface area (Å²) in [6, 6.07) is 0. The van der Waals surface area contributed by atoms with Crippen LogP contribution in [0.25, 0.3) is 0 Å². The average molecular weight is 252 g/mol. The maximum atomic E-state index is 11.7. The molecule has 1 radical (unpaired) electrons. The van der Waals surface area contributed by atoms with Crippen molar-refractivity contribution in [2.75, 3.05) is 0 Å². The average Bonchev–Trinajstić information content (AvgIpc) is 2.84. The van der Waals surface area contributed by atoms with E-state index in [1.807, 2.05) is 7.05 Å². The molecule has 0 aromatic carbocycles. The van der Waals surface area contributed by atoms with Gasteiger partial charge in [-0.05, 0) is 24.4 Å². The standard InChI is InChI=1S/C11H12ClN4O/c1-16-9(6-4-2-3-5-6)7-8(15-16)10(17)14-11(12)13-7/h6H,2-5H2,1H3. The zero-order valence-corrected chi connectivity index (χ0v) is 10.2. The Kier molecular flexibility index (Phi) is 2.43. The number of aromatic nitrogens is 2. The largest absolute Gasteiger partial charge is 0.302 e. The summed E-state index contributed by atoms with van der Waals surface area (Å²) in [6.07, 6.45) is 4.70. The number of aliphatic imine (C=N–C) groups is 1. The minimum absolute atomic E-state index is 0.00902. The zero-order valence-electron chi connectivity index (χ0n) is 9.48. The maximum Gasteiger partial charge on any atom is 0.302 e. The molecule has 3 rings (SSSR count). The van der Waals surface area contributed by atoms with Crippen LogP contribution in [0.1, 0.15) is 47.8 Å². The lowest BCUT2D eigenvalue weighted by atomic mass is 10.0. The summed E-state index contributed by atoms with van der Waals surface area (Å²) in [7, 11) is 1.85. The van der Waals surface area contributed by atoms with E-state index in [1.165, 1.54) is 12.8 Å². The van der Waals surface area contributed by atoms with Gasteiger partial charge in [0, 0.05) is 13.0 Å². The quantitative estimate of drug-likeness (QED) is 0.718. The summed E-state index contributed by atoms with van der Waals surface area (Å²) in [6.45, 7) is 0. The lowest BCUT2D eigenvalue weighted by Gasteiger charge is -2.12. The first-order valence-electron chi connectivity index (χ1n) is 5.74. The first-order valence-corrected chi connectivity index (χ1v) is 6.12. The van der Waals surface area contributed by atoms with Crippen LogP contribution in [-0.4, -0.2) is 21.0 Å². The van der Waals surface area contributed by atoms with E-state index in [2.05, 4.69) is 15.4 Å². The number of halogens is 1. The summed E-state index contributed by atoms with van der Waals surface area (Å²) in [5.74, 6) is 0.0511. The molecule has 0 spiro atoms. The molecule has 0 saturated heterocycles. The Morgan fingerprint density at radius 3 is 2.76 bits per heavy atom. The molecule has 1 amide bonds. The van der Waals surface area contributed by atoms with Gasteiger partial charge in [-0.2, -0.15) is 10.4 Å². The fraction of sp³-hybridized carbons (Fsp3) is 0.545. The highest BCUT2D eigenvalue weighted by molar-refractivity contribution is 6.66. The molecule has 0 bridgehead atoms. The topological polar surface area (TPSA) is 61.4 Å². The third-order valence-electron chi connectivity index (χ3n) is 3.41. The SMILES string of the molecule is Cn1nc2c(c1C1CCCC1)N=C(Cl)[N]C2=O. The van der Waals surface area contributed by atoms with Gasteiger partial charge in [-0.3, -0.25) is 9.48 Å². The number of amidine groups is 1. The number of hydrogen-bond donors (Lipinski definition) is 0. The molecule has 1 saturated carbocycles. The molecule has 2 heterocycles. The van der Waals surface area contributed by atoms with Crippen molar-refractivity contribution in [1.29, 1.82) is 0 Å². The fourth-order valence-corrected chi connectivity index (χ4v) is 2.85. The van der Waals surface area contributed by atoms with E-state index in [4.69, 9.17) is 11.6 Å². The van der Waals surface area contributed by atoms with E-state index in [1.54, 1.807) is 4.68 Å². The first-order chi connectivity index (χ1) is 8.16. The Morgan fingerprint density at radius 1 is 1.35 bits per heavy atom. The van der Waals surface area contributed by atoms with Crippen molar-refractivity contribution >= 4 is 28.5 Å². The van der Waals surface area contributed by atoms with Crippen molar-refractivity contribution in [3.8, 4) is 0 Å². The van der Waals surface area contributed by atoms with E-state index >= 15 is 0 Å². The molecule has 1 aromatic heterocycles. The van der Waals surface area contributed by atoms with Crippen molar-refractivity contribution in [3.63, 3.8) is 0 Å². The zero-order chi connectivity index (χ0) is 12.0. The lowest BCUT2D eigenvalue weighted by Crippen LogP contribution is -2.23. The molecule has 0 unspecified atom stereocenters. The summed E-state index contributed by atoms with van der Waals surface area (Å²) in [5, 5.41) is 7.83. The van der Waals surface area contributed by atoms with Gasteiger partial charge in [0.2, 0.25) is 5.29 Å². The second kappa shape index (κ2) is 3.84. The fourth-order valence-electron chi connectivity index (χ4n) is 2.69. The van der Waals surface area contributed by atoms with Gasteiger partial charge in [0.05, 0.1) is 5.69 Å². The lowest BCUT2D eigenvalue weighted by molar-refractivity contribution is 0.0968. The highest BCUT2D eigenvalue weighted by atomic mass is 35.5. The van der Waals surface area contributed by atoms with Gasteiger partial charge in [-0.15, -0.1) is 0 Å². The molecule has 2 aliphatic rings. The normalized spacial score (nSPS) is 20.1. The summed E-state index contributed by atoms with van der Waals surface area (Å²) >= 11 is 5.75. The number of amides is 1. The first kappa shape index (κ1) is 10.8. The minimum atomic E-state index is -0.389. The van der Waals surface area contributed by atoms with E-state index < -0.39 is 0 Å². The van der Waals surface area contributed by atoms with E-state index in [0.717, 1.165) is 18.5 Å². The van der Waals surface area contributed by atoms with E-state index in [9.17, 15) is 4.79 Å². The third-order valence-corrected chi connectivity index (χ3v) is 3.58. The molecule has 0 N–H and O–H groups in total. The Morgan fingerprint density at radius 2 is 2.06 bits per heavy atom. The van der Waals surface area contributed by atoms with Crippen molar-refractivity contribution < 1.29 is 4.79 Å². The smallest absolute Gasteiger partial charge is 0.269 e. The summed E-state index contributed by atoms with van der Waals surface area (Å²) in [4.78, 5) is 15.8. The van der Waals surface area contributed by atoms with Crippen LogP contribution in [0.15, 0.2) is 4.99 Å². The minimum Gasteiger partial charge on any atom is -0.269 e. The number of fused-ring (bicyclic) bond motifs is 1. The molecule has 1 aromatic rings. The predicted octanol–water partition coefficient (Wildman–Crippen LogP) is 2.06. The van der Waals surface area contributed by atoms with E-state index in [0.29, 0.717) is 17.3 Å². The predicted molar refractivity (Wildman–Crippen MR) is 63.8 cm³/mol. The highest BCUT2D eigenvalue weighted by Crippen LogP contribution is 2.41. The number of nitrogens with zero attached hydrogens (tertiary/aromatic N) is 4. The van der Waals surface area contributed by atoms with Crippen molar-refractivity contribution in [2.45, 2.75) is 31.6 Å². The molecule has 6 heteroatoms. The summed E-state index contributed by atoms with van der Waals surface area (Å²) in [5.41, 5.74) is 1.99. The van der Waals surface area contributed by atoms with Gasteiger partial charge < -0.3 is 0 Å². The number of rotatable bonds is 1. The molecule has 0 atom stereocenters. The van der Waals surface area contributed by atoms with Crippen LogP contribution in [0.2, 0.25) is 0 Å². The van der Waals surface area contributed by atoms with Gasteiger partial charge >= 0.3 is 5.91 Å². The second-order valence-corrected chi connectivity index (χ2v) is 4.82. The van der Waals surface area contributed by atoms with Crippen LogP contribution in [0.3, 0.4) is 0 Å². The molecule has 5 nitrogen and oxygen atoms in total. The van der Waals surface area contributed by atoms with Crippen LogP contribution >= 0.6 is 11.6 Å². The Hall–Kier alpha value is -1.36. The van der Waals surface area contributed by atoms with Crippen LogP contribution in [-0.2, 0) is 7.05 Å². The van der Waals surface area contributed by atoms with Crippen LogP contribution in [0.4, 0.5) is 5.69 Å². The van der Waals surface area contributed by atoms with Gasteiger partial charge in [-0.1, -0.05) is 12.8 Å². The molecular weight excluding hydrogens is 240 g/mol. The van der Waals surface area contributed by atoms with Gasteiger partial charge in [-0.25, -0.2) is 4.99 Å². The van der Waals surface area contributed by atoms with Gasteiger partial charge in [0.25, 0.3) is 0 Å². The molecule has 89 valence electrons. The molecular formula is C11H12ClN4O. The van der Waals surface area contributed by atoms with Crippen molar-refractivity contribution in [1.82, 2.24) is 15.1 Å². The van der Waals surface area contributed by atoms with Crippen molar-refractivity contribution in [3.05, 3.63) is 11.4 Å². The van der Waals surface area contributed by atoms with Crippen LogP contribution < -0.4 is 5.32 Å². The molecule has 1 aliphatic carbocycles. The Bertz CT molecular complexity index is 514. The maximum absolute atomic E-state index is 11.7. The second-order valence-electron chi connectivity index (χ2n) is 4.49.